The SMILES string of the molecule is O=C(Cn1cncn1)Nc1ccc(CO)cc1. The number of carbonyl (C=O) groups excluding carboxylic acids is 1. The summed E-state index contributed by atoms with van der Waals surface area (Å²) in [4.78, 5) is 15.3. The van der Waals surface area contributed by atoms with Crippen LogP contribution in [0, 0.1) is 0 Å². The molecule has 0 aliphatic carbocycles. The highest BCUT2D eigenvalue weighted by Gasteiger charge is 2.03. The summed E-state index contributed by atoms with van der Waals surface area (Å²) in [5, 5.41) is 15.4. The van der Waals surface area contributed by atoms with E-state index >= 15 is 0 Å². The molecular formula is C11H12N4O2. The van der Waals surface area contributed by atoms with Crippen LogP contribution >= 0.6 is 0 Å². The number of aromatic nitrogens is 3. The molecule has 17 heavy (non-hydrogen) atoms. The quantitative estimate of drug-likeness (QED) is 0.800. The molecule has 2 rings (SSSR count). The van der Waals surface area contributed by atoms with Crippen molar-refractivity contribution in [2.45, 2.75) is 13.2 Å². The van der Waals surface area contributed by atoms with Gasteiger partial charge in [-0.25, -0.2) is 9.67 Å². The Bertz CT molecular complexity index is 479. The minimum absolute atomic E-state index is 0.00676. The van der Waals surface area contributed by atoms with Crippen molar-refractivity contribution < 1.29 is 9.90 Å². The number of aliphatic hydroxyl groups is 1. The third-order valence-corrected chi connectivity index (χ3v) is 2.19. The second kappa shape index (κ2) is 5.22. The molecule has 0 bridgehead atoms. The summed E-state index contributed by atoms with van der Waals surface area (Å²) in [6.07, 6.45) is 2.86. The fourth-order valence-corrected chi connectivity index (χ4v) is 1.36. The molecule has 88 valence electrons. The summed E-state index contributed by atoms with van der Waals surface area (Å²) in [6.45, 7) is 0.120. The Kier molecular flexibility index (Phi) is 3.46. The van der Waals surface area contributed by atoms with Crippen molar-refractivity contribution in [2.24, 2.45) is 0 Å². The first-order valence-corrected chi connectivity index (χ1v) is 5.10. The van der Waals surface area contributed by atoms with Crippen molar-refractivity contribution in [3.05, 3.63) is 42.5 Å². The number of anilines is 1. The number of amides is 1. The number of hydrogen-bond donors (Lipinski definition) is 2. The van der Waals surface area contributed by atoms with Gasteiger partial charge in [-0.3, -0.25) is 4.79 Å². The summed E-state index contributed by atoms with van der Waals surface area (Å²) >= 11 is 0. The van der Waals surface area contributed by atoms with Crippen LogP contribution in [0.15, 0.2) is 36.9 Å². The van der Waals surface area contributed by atoms with Gasteiger partial charge in [0.1, 0.15) is 19.2 Å². The average Bonchev–Trinajstić information content (AvgIpc) is 2.82. The first-order chi connectivity index (χ1) is 8.28. The number of carbonyl (C=O) groups is 1. The van der Waals surface area contributed by atoms with E-state index in [2.05, 4.69) is 15.4 Å². The van der Waals surface area contributed by atoms with E-state index in [-0.39, 0.29) is 19.1 Å². The predicted octanol–water partition coefficient (Wildman–Crippen LogP) is 0.409. The summed E-state index contributed by atoms with van der Waals surface area (Å²) in [5.74, 6) is -0.174. The number of nitrogens with one attached hydrogen (secondary N) is 1. The minimum atomic E-state index is -0.174. The van der Waals surface area contributed by atoms with Gasteiger partial charge in [-0.05, 0) is 17.7 Å². The lowest BCUT2D eigenvalue weighted by atomic mass is 10.2. The molecule has 0 aliphatic heterocycles. The summed E-state index contributed by atoms with van der Waals surface area (Å²) in [5.41, 5.74) is 1.49. The molecule has 0 fully saturated rings. The lowest BCUT2D eigenvalue weighted by Gasteiger charge is -2.05. The normalized spacial score (nSPS) is 10.2. The summed E-state index contributed by atoms with van der Waals surface area (Å²) in [6, 6.07) is 6.99. The molecule has 0 saturated heterocycles. The largest absolute Gasteiger partial charge is 0.392 e. The molecule has 6 nitrogen and oxygen atoms in total. The van der Waals surface area contributed by atoms with Crippen molar-refractivity contribution in [1.82, 2.24) is 14.8 Å². The van der Waals surface area contributed by atoms with Crippen molar-refractivity contribution in [1.29, 1.82) is 0 Å². The Morgan fingerprint density at radius 3 is 2.71 bits per heavy atom. The zero-order valence-electron chi connectivity index (χ0n) is 9.08. The highest BCUT2D eigenvalue weighted by Crippen LogP contribution is 2.09. The van der Waals surface area contributed by atoms with Crippen molar-refractivity contribution in [3.8, 4) is 0 Å². The summed E-state index contributed by atoms with van der Waals surface area (Å²) in [7, 11) is 0. The molecule has 0 aliphatic rings. The molecule has 2 aromatic rings. The van der Waals surface area contributed by atoms with Crippen LogP contribution in [0.3, 0.4) is 0 Å². The number of aliphatic hydroxyl groups excluding tert-OH is 1. The predicted molar refractivity (Wildman–Crippen MR) is 61.0 cm³/mol. The van der Waals surface area contributed by atoms with Crippen LogP contribution in [0.25, 0.3) is 0 Å². The minimum Gasteiger partial charge on any atom is -0.392 e. The highest BCUT2D eigenvalue weighted by molar-refractivity contribution is 5.90. The van der Waals surface area contributed by atoms with Gasteiger partial charge >= 0.3 is 0 Å². The molecule has 0 radical (unpaired) electrons. The molecule has 6 heteroatoms. The first kappa shape index (κ1) is 11.3. The molecule has 1 aromatic heterocycles. The van der Waals surface area contributed by atoms with E-state index in [9.17, 15) is 4.79 Å². The van der Waals surface area contributed by atoms with Gasteiger partial charge in [0, 0.05) is 5.69 Å². The van der Waals surface area contributed by atoms with E-state index in [1.54, 1.807) is 24.3 Å². The monoisotopic (exact) mass is 232 g/mol. The second-order valence-electron chi connectivity index (χ2n) is 3.50. The van der Waals surface area contributed by atoms with Gasteiger partial charge in [0.05, 0.1) is 6.61 Å². The second-order valence-corrected chi connectivity index (χ2v) is 3.50. The maximum Gasteiger partial charge on any atom is 0.246 e. The number of rotatable bonds is 4. The van der Waals surface area contributed by atoms with Crippen molar-refractivity contribution in [2.75, 3.05) is 5.32 Å². The number of nitrogens with zero attached hydrogens (tertiary/aromatic N) is 3. The van der Waals surface area contributed by atoms with Gasteiger partial charge in [0.2, 0.25) is 5.91 Å². The molecule has 0 spiro atoms. The van der Waals surface area contributed by atoms with Gasteiger partial charge in [-0.1, -0.05) is 12.1 Å². The van der Waals surface area contributed by atoms with Crippen LogP contribution < -0.4 is 5.32 Å². The van der Waals surface area contributed by atoms with Crippen LogP contribution in [0.2, 0.25) is 0 Å². The van der Waals surface area contributed by atoms with E-state index in [0.29, 0.717) is 5.69 Å². The Hall–Kier alpha value is -2.21. The standard InChI is InChI=1S/C11H12N4O2/c16-6-9-1-3-10(4-2-9)14-11(17)5-15-8-12-7-13-15/h1-4,7-8,16H,5-6H2,(H,14,17). The molecule has 1 amide bonds. The smallest absolute Gasteiger partial charge is 0.246 e. The van der Waals surface area contributed by atoms with Crippen LogP contribution in [-0.2, 0) is 17.9 Å². The average molecular weight is 232 g/mol. The van der Waals surface area contributed by atoms with Gasteiger partial charge in [-0.2, -0.15) is 5.10 Å². The Labute approximate surface area is 97.9 Å². The van der Waals surface area contributed by atoms with Crippen LogP contribution in [-0.4, -0.2) is 25.8 Å². The maximum atomic E-state index is 11.6. The fraction of sp³-hybridized carbons (Fsp3) is 0.182. The lowest BCUT2D eigenvalue weighted by Crippen LogP contribution is -2.18. The molecule has 0 atom stereocenters. The van der Waals surface area contributed by atoms with Crippen molar-refractivity contribution >= 4 is 11.6 Å². The van der Waals surface area contributed by atoms with Gasteiger partial charge in [0.25, 0.3) is 0 Å². The lowest BCUT2D eigenvalue weighted by molar-refractivity contribution is -0.116. The van der Waals surface area contributed by atoms with Gasteiger partial charge in [-0.15, -0.1) is 0 Å². The van der Waals surface area contributed by atoms with Gasteiger partial charge < -0.3 is 10.4 Å². The zero-order chi connectivity index (χ0) is 12.1. The fourth-order valence-electron chi connectivity index (χ4n) is 1.36. The Morgan fingerprint density at radius 1 is 1.35 bits per heavy atom. The number of hydrogen-bond acceptors (Lipinski definition) is 4. The van der Waals surface area contributed by atoms with Crippen molar-refractivity contribution in [3.63, 3.8) is 0 Å². The molecule has 0 unspecified atom stereocenters. The molecule has 0 saturated carbocycles. The van der Waals surface area contributed by atoms with Crippen LogP contribution in [0.4, 0.5) is 5.69 Å². The molecule has 1 heterocycles. The van der Waals surface area contributed by atoms with Crippen LogP contribution in [0.1, 0.15) is 5.56 Å². The Morgan fingerprint density at radius 2 is 2.12 bits per heavy atom. The maximum absolute atomic E-state index is 11.6. The number of benzene rings is 1. The highest BCUT2D eigenvalue weighted by atomic mass is 16.3. The zero-order valence-corrected chi connectivity index (χ0v) is 9.08. The molecular weight excluding hydrogens is 220 g/mol. The van der Waals surface area contributed by atoms with E-state index in [1.165, 1.54) is 17.3 Å². The molecule has 1 aromatic carbocycles. The van der Waals surface area contributed by atoms with E-state index < -0.39 is 0 Å². The summed E-state index contributed by atoms with van der Waals surface area (Å²) < 4.78 is 1.44. The van der Waals surface area contributed by atoms with E-state index in [1.807, 2.05) is 0 Å². The third-order valence-electron chi connectivity index (χ3n) is 2.19. The first-order valence-electron chi connectivity index (χ1n) is 5.10. The van der Waals surface area contributed by atoms with E-state index in [0.717, 1.165) is 5.56 Å². The van der Waals surface area contributed by atoms with E-state index in [4.69, 9.17) is 5.11 Å². The van der Waals surface area contributed by atoms with Gasteiger partial charge in [0.15, 0.2) is 0 Å². The third kappa shape index (κ3) is 3.12. The van der Waals surface area contributed by atoms with Crippen LogP contribution in [0.5, 0.6) is 0 Å². The Balaban J connectivity index is 1.93. The topological polar surface area (TPSA) is 80.0 Å². The molecule has 2 N–H and O–H groups in total.